The molecule has 1 atom stereocenters. The number of hydrogen-bond acceptors (Lipinski definition) is 1. The van der Waals surface area contributed by atoms with Crippen molar-refractivity contribution in [2.75, 3.05) is 6.54 Å². The molecule has 0 bridgehead atoms. The second-order valence-electron chi connectivity index (χ2n) is 5.91. The van der Waals surface area contributed by atoms with Crippen LogP contribution in [0.4, 0.5) is 0 Å². The van der Waals surface area contributed by atoms with Gasteiger partial charge in [-0.2, -0.15) is 0 Å². The van der Waals surface area contributed by atoms with Gasteiger partial charge < -0.3 is 5.32 Å². The van der Waals surface area contributed by atoms with Gasteiger partial charge in [0, 0.05) is 13.1 Å². The van der Waals surface area contributed by atoms with E-state index in [4.69, 9.17) is 0 Å². The van der Waals surface area contributed by atoms with E-state index in [1.54, 1.807) is 11.1 Å². The Hall–Kier alpha value is -1.60. The zero-order valence-electron chi connectivity index (χ0n) is 12.2. The van der Waals surface area contributed by atoms with Crippen molar-refractivity contribution in [1.82, 2.24) is 5.32 Å². The van der Waals surface area contributed by atoms with Crippen molar-refractivity contribution in [2.24, 2.45) is 0 Å². The number of fused-ring (bicyclic) bond motifs is 1. The van der Waals surface area contributed by atoms with Gasteiger partial charge in [-0.3, -0.25) is 0 Å². The molecule has 0 saturated carbocycles. The molecular weight excluding hydrogens is 242 g/mol. The molecule has 1 N–H and O–H groups in total. The zero-order valence-corrected chi connectivity index (χ0v) is 12.2. The van der Waals surface area contributed by atoms with Crippen molar-refractivity contribution in [1.29, 1.82) is 0 Å². The van der Waals surface area contributed by atoms with E-state index in [-0.39, 0.29) is 0 Å². The molecule has 1 unspecified atom stereocenters. The van der Waals surface area contributed by atoms with Gasteiger partial charge in [-0.15, -0.1) is 0 Å². The standard InChI is InChI=1S/C19H23N/c1-15-6-4-7-16(12-15)13-20-14-18-10-5-9-17-8-2-3-11-19(17)18/h2-4,6-8,11-12,18,20H,5,9-10,13-14H2,1H3. The van der Waals surface area contributed by atoms with Gasteiger partial charge in [-0.1, -0.05) is 54.1 Å². The molecule has 1 aliphatic rings. The highest BCUT2D eigenvalue weighted by Crippen LogP contribution is 2.30. The van der Waals surface area contributed by atoms with Gasteiger partial charge >= 0.3 is 0 Å². The quantitative estimate of drug-likeness (QED) is 0.873. The molecule has 0 heterocycles. The van der Waals surface area contributed by atoms with Crippen LogP contribution < -0.4 is 5.32 Å². The molecule has 20 heavy (non-hydrogen) atoms. The molecule has 0 fully saturated rings. The van der Waals surface area contributed by atoms with Crippen LogP contribution in [0.25, 0.3) is 0 Å². The summed E-state index contributed by atoms with van der Waals surface area (Å²) in [5, 5.41) is 3.64. The summed E-state index contributed by atoms with van der Waals surface area (Å²) in [6, 6.07) is 17.7. The fourth-order valence-corrected chi connectivity index (χ4v) is 3.28. The van der Waals surface area contributed by atoms with E-state index < -0.39 is 0 Å². The number of hydrogen-bond donors (Lipinski definition) is 1. The molecule has 0 radical (unpaired) electrons. The van der Waals surface area contributed by atoms with E-state index in [1.807, 2.05) is 0 Å². The molecule has 0 saturated heterocycles. The Labute approximate surface area is 122 Å². The summed E-state index contributed by atoms with van der Waals surface area (Å²) in [7, 11) is 0. The van der Waals surface area contributed by atoms with Gasteiger partial charge in [0.2, 0.25) is 0 Å². The Kier molecular flexibility index (Phi) is 4.17. The van der Waals surface area contributed by atoms with Crippen LogP contribution in [-0.4, -0.2) is 6.54 Å². The molecular formula is C19H23N. The molecule has 2 aromatic carbocycles. The summed E-state index contributed by atoms with van der Waals surface area (Å²) in [6.07, 6.45) is 3.90. The molecule has 0 spiro atoms. The molecule has 0 amide bonds. The van der Waals surface area contributed by atoms with Crippen molar-refractivity contribution in [3.05, 3.63) is 70.8 Å². The highest BCUT2D eigenvalue weighted by molar-refractivity contribution is 5.32. The van der Waals surface area contributed by atoms with Gasteiger partial charge in [0.15, 0.2) is 0 Å². The van der Waals surface area contributed by atoms with E-state index in [9.17, 15) is 0 Å². The minimum atomic E-state index is 0.685. The second kappa shape index (κ2) is 6.23. The van der Waals surface area contributed by atoms with Crippen LogP contribution in [0.2, 0.25) is 0 Å². The molecule has 1 nitrogen and oxygen atoms in total. The van der Waals surface area contributed by atoms with Crippen LogP contribution in [0.5, 0.6) is 0 Å². The molecule has 1 aliphatic carbocycles. The van der Waals surface area contributed by atoms with Gasteiger partial charge in [-0.25, -0.2) is 0 Å². The predicted octanol–water partition coefficient (Wildman–Crippen LogP) is 4.20. The molecule has 1 heteroatoms. The van der Waals surface area contributed by atoms with Crippen LogP contribution in [0.3, 0.4) is 0 Å². The maximum atomic E-state index is 3.64. The smallest absolute Gasteiger partial charge is 0.0205 e. The summed E-state index contributed by atoms with van der Waals surface area (Å²) >= 11 is 0. The SMILES string of the molecule is Cc1cccc(CNCC2CCCc3ccccc32)c1. The van der Waals surface area contributed by atoms with Gasteiger partial charge in [0.25, 0.3) is 0 Å². The maximum Gasteiger partial charge on any atom is 0.0205 e. The fraction of sp³-hybridized carbons (Fsp3) is 0.368. The van der Waals surface area contributed by atoms with Crippen molar-refractivity contribution in [3.8, 4) is 0 Å². The lowest BCUT2D eigenvalue weighted by Gasteiger charge is -2.25. The third kappa shape index (κ3) is 3.10. The maximum absolute atomic E-state index is 3.64. The van der Waals surface area contributed by atoms with Crippen molar-refractivity contribution in [3.63, 3.8) is 0 Å². The van der Waals surface area contributed by atoms with E-state index >= 15 is 0 Å². The van der Waals surface area contributed by atoms with E-state index in [0.717, 1.165) is 13.1 Å². The third-order valence-corrected chi connectivity index (χ3v) is 4.30. The first-order chi connectivity index (χ1) is 9.83. The average Bonchev–Trinajstić information content (AvgIpc) is 2.48. The molecule has 0 aliphatic heterocycles. The largest absolute Gasteiger partial charge is 0.312 e. The van der Waals surface area contributed by atoms with E-state index in [1.165, 1.54) is 30.4 Å². The lowest BCUT2D eigenvalue weighted by Crippen LogP contribution is -2.24. The Morgan fingerprint density at radius 3 is 2.90 bits per heavy atom. The first-order valence-corrected chi connectivity index (χ1v) is 7.67. The third-order valence-electron chi connectivity index (χ3n) is 4.30. The minimum Gasteiger partial charge on any atom is -0.312 e. The highest BCUT2D eigenvalue weighted by atomic mass is 14.9. The Morgan fingerprint density at radius 1 is 1.10 bits per heavy atom. The summed E-state index contributed by atoms with van der Waals surface area (Å²) < 4.78 is 0. The molecule has 104 valence electrons. The highest BCUT2D eigenvalue weighted by Gasteiger charge is 2.18. The van der Waals surface area contributed by atoms with Crippen molar-refractivity contribution in [2.45, 2.75) is 38.6 Å². The van der Waals surface area contributed by atoms with Gasteiger partial charge in [0.1, 0.15) is 0 Å². The van der Waals surface area contributed by atoms with Crippen LogP contribution in [0, 0.1) is 6.92 Å². The number of rotatable bonds is 4. The van der Waals surface area contributed by atoms with Crippen LogP contribution in [0.1, 0.15) is 41.0 Å². The van der Waals surface area contributed by atoms with Crippen LogP contribution in [-0.2, 0) is 13.0 Å². The Bertz CT molecular complexity index is 573. The zero-order chi connectivity index (χ0) is 13.8. The van der Waals surface area contributed by atoms with Crippen LogP contribution >= 0.6 is 0 Å². The molecule has 0 aromatic heterocycles. The summed E-state index contributed by atoms with van der Waals surface area (Å²) in [5.41, 5.74) is 5.85. The number of aryl methyl sites for hydroxylation is 2. The van der Waals surface area contributed by atoms with E-state index in [2.05, 4.69) is 60.8 Å². The number of benzene rings is 2. The van der Waals surface area contributed by atoms with Crippen molar-refractivity contribution < 1.29 is 0 Å². The number of nitrogens with one attached hydrogen (secondary N) is 1. The first kappa shape index (κ1) is 13.4. The monoisotopic (exact) mass is 265 g/mol. The minimum absolute atomic E-state index is 0.685. The van der Waals surface area contributed by atoms with E-state index in [0.29, 0.717) is 5.92 Å². The normalized spacial score (nSPS) is 17.8. The van der Waals surface area contributed by atoms with Crippen molar-refractivity contribution >= 4 is 0 Å². The summed E-state index contributed by atoms with van der Waals surface area (Å²) in [5.74, 6) is 0.685. The second-order valence-corrected chi connectivity index (χ2v) is 5.91. The predicted molar refractivity (Wildman–Crippen MR) is 85.0 cm³/mol. The fourth-order valence-electron chi connectivity index (χ4n) is 3.28. The van der Waals surface area contributed by atoms with Crippen LogP contribution in [0.15, 0.2) is 48.5 Å². The topological polar surface area (TPSA) is 12.0 Å². The average molecular weight is 265 g/mol. The first-order valence-electron chi connectivity index (χ1n) is 7.67. The van der Waals surface area contributed by atoms with Gasteiger partial charge in [-0.05, 0) is 48.8 Å². The summed E-state index contributed by atoms with van der Waals surface area (Å²) in [6.45, 7) is 4.21. The summed E-state index contributed by atoms with van der Waals surface area (Å²) in [4.78, 5) is 0. The lowest BCUT2D eigenvalue weighted by molar-refractivity contribution is 0.507. The molecule has 2 aromatic rings. The molecule has 3 rings (SSSR count). The Balaban J connectivity index is 1.60. The lowest BCUT2D eigenvalue weighted by atomic mass is 9.83. The Morgan fingerprint density at radius 2 is 2.00 bits per heavy atom. The van der Waals surface area contributed by atoms with Gasteiger partial charge in [0.05, 0.1) is 0 Å².